The van der Waals surface area contributed by atoms with Crippen LogP contribution < -0.4 is 0 Å². The van der Waals surface area contributed by atoms with Crippen LogP contribution in [0.4, 0.5) is 0 Å². The summed E-state index contributed by atoms with van der Waals surface area (Å²) in [5.41, 5.74) is 3.65. The van der Waals surface area contributed by atoms with Gasteiger partial charge >= 0.3 is 0 Å². The summed E-state index contributed by atoms with van der Waals surface area (Å²) in [7, 11) is 0. The molecular formula is C19H16N4. The Morgan fingerprint density at radius 1 is 1.00 bits per heavy atom. The molecule has 1 aromatic carbocycles. The Bertz CT molecular complexity index is 957. The van der Waals surface area contributed by atoms with Crippen LogP contribution in [0.15, 0.2) is 67.3 Å². The van der Waals surface area contributed by atoms with Gasteiger partial charge in [-0.15, -0.1) is 0 Å². The molecule has 4 heteroatoms. The van der Waals surface area contributed by atoms with Gasteiger partial charge in [0.05, 0.1) is 5.52 Å². The van der Waals surface area contributed by atoms with Crippen LogP contribution in [0.5, 0.6) is 0 Å². The average molecular weight is 300 g/mol. The SMILES string of the molecule is Cc1nccc(-n2cc(Cc3ccccc3)c3cnccc32)n1. The Balaban J connectivity index is 1.86. The lowest BCUT2D eigenvalue weighted by Gasteiger charge is -2.04. The van der Waals surface area contributed by atoms with Crippen LogP contribution in [-0.2, 0) is 6.42 Å². The lowest BCUT2D eigenvalue weighted by molar-refractivity contribution is 0.959. The van der Waals surface area contributed by atoms with Gasteiger partial charge in [0.25, 0.3) is 0 Å². The molecule has 0 bridgehead atoms. The van der Waals surface area contributed by atoms with Gasteiger partial charge in [-0.3, -0.25) is 4.98 Å². The number of pyridine rings is 1. The molecule has 0 unspecified atom stereocenters. The van der Waals surface area contributed by atoms with E-state index in [9.17, 15) is 0 Å². The quantitative estimate of drug-likeness (QED) is 0.579. The highest BCUT2D eigenvalue weighted by Crippen LogP contribution is 2.25. The van der Waals surface area contributed by atoms with E-state index in [1.807, 2.05) is 37.5 Å². The molecule has 0 aliphatic carbocycles. The molecule has 3 aromatic heterocycles. The van der Waals surface area contributed by atoms with Crippen molar-refractivity contribution in [3.05, 3.63) is 84.2 Å². The Labute approximate surface area is 134 Å². The molecular weight excluding hydrogens is 284 g/mol. The second-order valence-corrected chi connectivity index (χ2v) is 5.54. The minimum Gasteiger partial charge on any atom is -0.301 e. The molecule has 0 radical (unpaired) electrons. The van der Waals surface area contributed by atoms with Crippen LogP contribution >= 0.6 is 0 Å². The summed E-state index contributed by atoms with van der Waals surface area (Å²) in [6, 6.07) is 14.4. The molecule has 0 saturated carbocycles. The van der Waals surface area contributed by atoms with Crippen molar-refractivity contribution < 1.29 is 0 Å². The van der Waals surface area contributed by atoms with Crippen molar-refractivity contribution in [2.24, 2.45) is 0 Å². The molecule has 4 rings (SSSR count). The topological polar surface area (TPSA) is 43.6 Å². The van der Waals surface area contributed by atoms with Crippen LogP contribution in [0.1, 0.15) is 17.0 Å². The third-order valence-corrected chi connectivity index (χ3v) is 3.93. The Morgan fingerprint density at radius 3 is 2.70 bits per heavy atom. The largest absolute Gasteiger partial charge is 0.301 e. The van der Waals surface area contributed by atoms with Crippen LogP contribution in [0.2, 0.25) is 0 Å². The standard InChI is InChI=1S/C19H16N4/c1-14-21-10-8-19(22-14)23-13-16(11-15-5-3-2-4-6-15)17-12-20-9-7-18(17)23/h2-10,12-13H,11H2,1H3. The number of benzene rings is 1. The van der Waals surface area contributed by atoms with Crippen LogP contribution in [0.3, 0.4) is 0 Å². The highest BCUT2D eigenvalue weighted by molar-refractivity contribution is 5.84. The predicted molar refractivity (Wildman–Crippen MR) is 90.6 cm³/mol. The first-order valence-electron chi connectivity index (χ1n) is 7.59. The third-order valence-electron chi connectivity index (χ3n) is 3.93. The first kappa shape index (κ1) is 13.6. The maximum atomic E-state index is 4.55. The third kappa shape index (κ3) is 2.59. The molecule has 0 N–H and O–H groups in total. The van der Waals surface area contributed by atoms with Crippen molar-refractivity contribution in [2.45, 2.75) is 13.3 Å². The number of aryl methyl sites for hydroxylation is 1. The molecule has 0 aliphatic heterocycles. The van der Waals surface area contributed by atoms with Gasteiger partial charge in [0.1, 0.15) is 11.6 Å². The summed E-state index contributed by atoms with van der Waals surface area (Å²) in [6.07, 6.45) is 8.57. The van der Waals surface area contributed by atoms with Crippen molar-refractivity contribution in [3.63, 3.8) is 0 Å². The van der Waals surface area contributed by atoms with E-state index >= 15 is 0 Å². The summed E-state index contributed by atoms with van der Waals surface area (Å²) in [4.78, 5) is 13.0. The van der Waals surface area contributed by atoms with E-state index in [0.29, 0.717) is 0 Å². The van der Waals surface area contributed by atoms with Gasteiger partial charge in [0, 0.05) is 30.2 Å². The van der Waals surface area contributed by atoms with Crippen molar-refractivity contribution in [1.29, 1.82) is 0 Å². The van der Waals surface area contributed by atoms with E-state index in [1.54, 1.807) is 6.20 Å². The number of aromatic nitrogens is 4. The summed E-state index contributed by atoms with van der Waals surface area (Å²) < 4.78 is 2.12. The highest BCUT2D eigenvalue weighted by atomic mass is 15.1. The average Bonchev–Trinajstić information content (AvgIpc) is 2.95. The fourth-order valence-corrected chi connectivity index (χ4v) is 2.86. The van der Waals surface area contributed by atoms with Crippen LogP contribution in [0, 0.1) is 6.92 Å². The maximum absolute atomic E-state index is 4.55. The molecule has 3 heterocycles. The minimum atomic E-state index is 0.767. The summed E-state index contributed by atoms with van der Waals surface area (Å²) in [6.45, 7) is 1.90. The molecule has 0 spiro atoms. The van der Waals surface area contributed by atoms with Gasteiger partial charge in [-0.1, -0.05) is 30.3 Å². The number of fused-ring (bicyclic) bond motifs is 1. The zero-order valence-corrected chi connectivity index (χ0v) is 12.8. The lowest BCUT2D eigenvalue weighted by Crippen LogP contribution is -1.98. The molecule has 0 atom stereocenters. The van der Waals surface area contributed by atoms with Gasteiger partial charge in [-0.25, -0.2) is 9.97 Å². The zero-order chi connectivity index (χ0) is 15.6. The molecule has 4 nitrogen and oxygen atoms in total. The Hall–Kier alpha value is -3.01. The monoisotopic (exact) mass is 300 g/mol. The summed E-state index contributed by atoms with van der Waals surface area (Å²) in [5.74, 6) is 1.65. The Kier molecular flexibility index (Phi) is 3.35. The molecule has 4 aromatic rings. The van der Waals surface area contributed by atoms with Crippen molar-refractivity contribution in [2.75, 3.05) is 0 Å². The maximum Gasteiger partial charge on any atom is 0.140 e. The second kappa shape index (κ2) is 5.65. The fraction of sp³-hybridized carbons (Fsp3) is 0.105. The minimum absolute atomic E-state index is 0.767. The molecule has 0 amide bonds. The molecule has 112 valence electrons. The number of hydrogen-bond acceptors (Lipinski definition) is 3. The van der Waals surface area contributed by atoms with Gasteiger partial charge in [-0.2, -0.15) is 0 Å². The van der Waals surface area contributed by atoms with Gasteiger partial charge in [-0.05, 0) is 36.6 Å². The van der Waals surface area contributed by atoms with Crippen LogP contribution in [-0.4, -0.2) is 19.5 Å². The Morgan fingerprint density at radius 2 is 1.87 bits per heavy atom. The second-order valence-electron chi connectivity index (χ2n) is 5.54. The summed E-state index contributed by atoms with van der Waals surface area (Å²) >= 11 is 0. The van der Waals surface area contributed by atoms with E-state index < -0.39 is 0 Å². The lowest BCUT2D eigenvalue weighted by atomic mass is 10.1. The molecule has 0 aliphatic rings. The van der Waals surface area contributed by atoms with E-state index in [-0.39, 0.29) is 0 Å². The number of hydrogen-bond donors (Lipinski definition) is 0. The zero-order valence-electron chi connectivity index (χ0n) is 12.8. The van der Waals surface area contributed by atoms with E-state index in [0.717, 1.165) is 29.0 Å². The molecule has 23 heavy (non-hydrogen) atoms. The van der Waals surface area contributed by atoms with Gasteiger partial charge < -0.3 is 4.57 Å². The van der Waals surface area contributed by atoms with Crippen LogP contribution in [0.25, 0.3) is 16.7 Å². The van der Waals surface area contributed by atoms with E-state index in [4.69, 9.17) is 0 Å². The number of nitrogens with zero attached hydrogens (tertiary/aromatic N) is 4. The van der Waals surface area contributed by atoms with Crippen molar-refractivity contribution >= 4 is 10.9 Å². The smallest absolute Gasteiger partial charge is 0.140 e. The summed E-state index contributed by atoms with van der Waals surface area (Å²) in [5, 5.41) is 1.16. The fourth-order valence-electron chi connectivity index (χ4n) is 2.86. The molecule has 0 fully saturated rings. The number of rotatable bonds is 3. The predicted octanol–water partition coefficient (Wildman–Crippen LogP) is 3.71. The molecule has 0 saturated heterocycles. The van der Waals surface area contributed by atoms with E-state index in [2.05, 4.69) is 50.0 Å². The van der Waals surface area contributed by atoms with Crippen molar-refractivity contribution in [3.8, 4) is 5.82 Å². The first-order valence-corrected chi connectivity index (χ1v) is 7.59. The van der Waals surface area contributed by atoms with E-state index in [1.165, 1.54) is 11.1 Å². The van der Waals surface area contributed by atoms with Gasteiger partial charge in [0.2, 0.25) is 0 Å². The van der Waals surface area contributed by atoms with Crippen molar-refractivity contribution in [1.82, 2.24) is 19.5 Å². The highest BCUT2D eigenvalue weighted by Gasteiger charge is 2.11. The van der Waals surface area contributed by atoms with Gasteiger partial charge in [0.15, 0.2) is 0 Å². The normalized spacial score (nSPS) is 11.0. The first-order chi connectivity index (χ1) is 11.3.